The highest BCUT2D eigenvalue weighted by molar-refractivity contribution is 5.91. The third-order valence-electron chi connectivity index (χ3n) is 1.29. The number of carbonyl (C=O) groups is 2. The molecule has 0 aromatic heterocycles. The summed E-state index contributed by atoms with van der Waals surface area (Å²) in [6.07, 6.45) is 1.28. The highest BCUT2D eigenvalue weighted by Crippen LogP contribution is 2.00. The highest BCUT2D eigenvalue weighted by Gasteiger charge is 2.20. The first-order valence-corrected chi connectivity index (χ1v) is 2.82. The lowest BCUT2D eigenvalue weighted by atomic mass is 10.1. The van der Waals surface area contributed by atoms with Gasteiger partial charge in [-0.3, -0.25) is 10.2 Å². The van der Waals surface area contributed by atoms with Crippen molar-refractivity contribution >= 4 is 12.2 Å². The molecule has 4 nitrogen and oxygen atoms in total. The molecule has 0 spiro atoms. The molecule has 0 aromatic rings. The van der Waals surface area contributed by atoms with E-state index in [0.29, 0.717) is 19.3 Å². The minimum Gasteiger partial charge on any atom is -0.303 e. The van der Waals surface area contributed by atoms with Crippen LogP contribution >= 0.6 is 0 Å². The molecule has 2 N–H and O–H groups in total. The van der Waals surface area contributed by atoms with E-state index < -0.39 is 5.92 Å². The third-order valence-corrected chi connectivity index (χ3v) is 1.29. The summed E-state index contributed by atoms with van der Waals surface area (Å²) >= 11 is 0. The van der Waals surface area contributed by atoms with Gasteiger partial charge in [0, 0.05) is 6.54 Å². The first-order valence-electron chi connectivity index (χ1n) is 2.82. The van der Waals surface area contributed by atoms with Crippen molar-refractivity contribution in [2.24, 2.45) is 5.92 Å². The molecule has 1 atom stereocenters. The monoisotopic (exact) mass is 128 g/mol. The Morgan fingerprint density at radius 1 is 1.67 bits per heavy atom. The molecule has 9 heavy (non-hydrogen) atoms. The second-order valence-corrected chi connectivity index (χ2v) is 1.95. The molecule has 1 amide bonds. The van der Waals surface area contributed by atoms with Crippen molar-refractivity contribution in [1.82, 2.24) is 10.9 Å². The Bertz CT molecular complexity index is 135. The van der Waals surface area contributed by atoms with Gasteiger partial charge in [-0.05, 0) is 6.42 Å². The van der Waals surface area contributed by atoms with Gasteiger partial charge in [0.15, 0.2) is 0 Å². The van der Waals surface area contributed by atoms with E-state index in [2.05, 4.69) is 10.9 Å². The summed E-state index contributed by atoms with van der Waals surface area (Å²) in [5.41, 5.74) is 5.00. The average molecular weight is 128 g/mol. The standard InChI is InChI=1S/C5H8N2O2/c8-3-4-1-2-6-7-5(4)9/h3-4,6H,1-2H2,(H,7,9). The Morgan fingerprint density at radius 3 is 2.89 bits per heavy atom. The van der Waals surface area contributed by atoms with Gasteiger partial charge in [-0.2, -0.15) is 0 Å². The van der Waals surface area contributed by atoms with E-state index in [-0.39, 0.29) is 5.91 Å². The zero-order valence-corrected chi connectivity index (χ0v) is 4.89. The molecule has 0 aliphatic carbocycles. The molecule has 1 rings (SSSR count). The lowest BCUT2D eigenvalue weighted by Crippen LogP contribution is -2.48. The first-order chi connectivity index (χ1) is 4.34. The summed E-state index contributed by atoms with van der Waals surface area (Å²) in [4.78, 5) is 20.7. The topological polar surface area (TPSA) is 58.2 Å². The van der Waals surface area contributed by atoms with Gasteiger partial charge in [0.1, 0.15) is 6.29 Å². The summed E-state index contributed by atoms with van der Waals surface area (Å²) in [6, 6.07) is 0. The van der Waals surface area contributed by atoms with Crippen LogP contribution in [0.3, 0.4) is 0 Å². The Hall–Kier alpha value is -0.900. The average Bonchev–Trinajstić information content (AvgIpc) is 1.89. The molecule has 1 heterocycles. The van der Waals surface area contributed by atoms with E-state index in [1.165, 1.54) is 0 Å². The minimum absolute atomic E-state index is 0.226. The summed E-state index contributed by atoms with van der Waals surface area (Å²) in [5, 5.41) is 0. The predicted octanol–water partition coefficient (Wildman–Crippen LogP) is -1.17. The zero-order valence-electron chi connectivity index (χ0n) is 4.89. The molecule has 1 unspecified atom stereocenters. The maximum Gasteiger partial charge on any atom is 0.244 e. The quantitative estimate of drug-likeness (QED) is 0.345. The molecule has 0 bridgehead atoms. The Kier molecular flexibility index (Phi) is 1.79. The number of carbonyl (C=O) groups excluding carboxylic acids is 2. The number of hydrogen-bond donors (Lipinski definition) is 2. The van der Waals surface area contributed by atoms with Crippen LogP contribution in [-0.4, -0.2) is 18.7 Å². The molecule has 0 aromatic carbocycles. The smallest absolute Gasteiger partial charge is 0.244 e. The summed E-state index contributed by atoms with van der Waals surface area (Å²) in [6.45, 7) is 0.676. The summed E-state index contributed by atoms with van der Waals surface area (Å²) < 4.78 is 0. The second-order valence-electron chi connectivity index (χ2n) is 1.95. The molecule has 1 aliphatic heterocycles. The highest BCUT2D eigenvalue weighted by atomic mass is 16.2. The van der Waals surface area contributed by atoms with Crippen LogP contribution in [-0.2, 0) is 9.59 Å². The van der Waals surface area contributed by atoms with Crippen molar-refractivity contribution in [2.45, 2.75) is 6.42 Å². The number of aldehydes is 1. The fourth-order valence-corrected chi connectivity index (χ4v) is 0.731. The molecule has 4 heteroatoms. The van der Waals surface area contributed by atoms with Crippen molar-refractivity contribution in [1.29, 1.82) is 0 Å². The van der Waals surface area contributed by atoms with Crippen LogP contribution in [0.1, 0.15) is 6.42 Å². The molecule has 50 valence electrons. The molecular formula is C5H8N2O2. The van der Waals surface area contributed by atoms with E-state index >= 15 is 0 Å². The molecule has 0 saturated carbocycles. The Labute approximate surface area is 52.6 Å². The number of nitrogens with one attached hydrogen (secondary N) is 2. The van der Waals surface area contributed by atoms with Crippen molar-refractivity contribution in [3.63, 3.8) is 0 Å². The largest absolute Gasteiger partial charge is 0.303 e. The molecular weight excluding hydrogens is 120 g/mol. The van der Waals surface area contributed by atoms with Crippen molar-refractivity contribution in [2.75, 3.05) is 6.54 Å². The van der Waals surface area contributed by atoms with Crippen molar-refractivity contribution in [3.05, 3.63) is 0 Å². The number of hydrazine groups is 1. The second kappa shape index (κ2) is 2.59. The molecule has 1 saturated heterocycles. The van der Waals surface area contributed by atoms with E-state index in [4.69, 9.17) is 0 Å². The molecule has 0 radical (unpaired) electrons. The SMILES string of the molecule is O=CC1CCNNC1=O. The van der Waals surface area contributed by atoms with Crippen LogP contribution < -0.4 is 10.9 Å². The number of rotatable bonds is 1. The number of amides is 1. The molecule has 1 aliphatic rings. The Morgan fingerprint density at radius 2 is 2.44 bits per heavy atom. The van der Waals surface area contributed by atoms with Crippen molar-refractivity contribution < 1.29 is 9.59 Å². The van der Waals surface area contributed by atoms with Gasteiger partial charge in [-0.1, -0.05) is 0 Å². The van der Waals surface area contributed by atoms with Gasteiger partial charge in [0.05, 0.1) is 5.92 Å². The van der Waals surface area contributed by atoms with E-state index in [9.17, 15) is 9.59 Å². The minimum atomic E-state index is -0.439. The van der Waals surface area contributed by atoms with Gasteiger partial charge >= 0.3 is 0 Å². The zero-order chi connectivity index (χ0) is 6.69. The van der Waals surface area contributed by atoms with Gasteiger partial charge in [-0.15, -0.1) is 0 Å². The first kappa shape index (κ1) is 6.22. The van der Waals surface area contributed by atoms with Crippen LogP contribution in [0.4, 0.5) is 0 Å². The summed E-state index contributed by atoms with van der Waals surface area (Å²) in [7, 11) is 0. The van der Waals surface area contributed by atoms with E-state index in [1.54, 1.807) is 0 Å². The van der Waals surface area contributed by atoms with Gasteiger partial charge < -0.3 is 4.79 Å². The van der Waals surface area contributed by atoms with Crippen molar-refractivity contribution in [3.8, 4) is 0 Å². The fourth-order valence-electron chi connectivity index (χ4n) is 0.731. The molecule has 1 fully saturated rings. The Balaban J connectivity index is 2.48. The van der Waals surface area contributed by atoms with Crippen LogP contribution in [0.25, 0.3) is 0 Å². The van der Waals surface area contributed by atoms with E-state index in [1.807, 2.05) is 0 Å². The lowest BCUT2D eigenvalue weighted by molar-refractivity contribution is -0.131. The van der Waals surface area contributed by atoms with Gasteiger partial charge in [0.25, 0.3) is 0 Å². The van der Waals surface area contributed by atoms with Crippen LogP contribution in [0.15, 0.2) is 0 Å². The number of hydrogen-bond acceptors (Lipinski definition) is 3. The predicted molar refractivity (Wildman–Crippen MR) is 30.3 cm³/mol. The summed E-state index contributed by atoms with van der Waals surface area (Å²) in [5.74, 6) is -0.664. The third kappa shape index (κ3) is 1.26. The van der Waals surface area contributed by atoms with Gasteiger partial charge in [-0.25, -0.2) is 5.43 Å². The maximum atomic E-state index is 10.6. The maximum absolute atomic E-state index is 10.6. The van der Waals surface area contributed by atoms with Gasteiger partial charge in [0.2, 0.25) is 5.91 Å². The van der Waals surface area contributed by atoms with Crippen LogP contribution in [0, 0.1) is 5.92 Å². The van der Waals surface area contributed by atoms with Crippen LogP contribution in [0.2, 0.25) is 0 Å². The van der Waals surface area contributed by atoms with Crippen LogP contribution in [0.5, 0.6) is 0 Å². The van der Waals surface area contributed by atoms with E-state index in [0.717, 1.165) is 0 Å². The normalized spacial score (nSPS) is 27.1. The lowest BCUT2D eigenvalue weighted by Gasteiger charge is -2.17. The fraction of sp³-hybridized carbons (Fsp3) is 0.600.